The quantitative estimate of drug-likeness (QED) is 0.699. The van der Waals surface area contributed by atoms with E-state index in [4.69, 9.17) is 0 Å². The molecule has 1 aliphatic heterocycles. The zero-order valence-electron chi connectivity index (χ0n) is 10.1. The zero-order chi connectivity index (χ0) is 14.0. The van der Waals surface area contributed by atoms with Gasteiger partial charge in [-0.25, -0.2) is 13.2 Å². The van der Waals surface area contributed by atoms with Gasteiger partial charge < -0.3 is 5.32 Å². The Labute approximate surface area is 108 Å². The van der Waals surface area contributed by atoms with E-state index in [9.17, 15) is 22.4 Å². The highest BCUT2D eigenvalue weighted by atomic mass is 32.2. The summed E-state index contributed by atoms with van der Waals surface area (Å²) >= 11 is 0. The second-order valence-electron chi connectivity index (χ2n) is 4.48. The first-order chi connectivity index (χ1) is 8.87. The van der Waals surface area contributed by atoms with Crippen molar-refractivity contribution in [1.82, 2.24) is 14.9 Å². The SMILES string of the molecule is O=c1[nH]c(=O)n(CCNC2CCS(=O)(=O)C2)cc1F. The number of aromatic nitrogens is 2. The molecule has 9 heteroatoms. The molecule has 2 N–H and O–H groups in total. The Morgan fingerprint density at radius 1 is 1.47 bits per heavy atom. The van der Waals surface area contributed by atoms with Crippen LogP contribution in [0.3, 0.4) is 0 Å². The third kappa shape index (κ3) is 3.51. The van der Waals surface area contributed by atoms with Crippen molar-refractivity contribution in [2.45, 2.75) is 19.0 Å². The molecule has 106 valence electrons. The molecule has 1 atom stereocenters. The lowest BCUT2D eigenvalue weighted by molar-refractivity contribution is 0.494. The molecular formula is C10H14FN3O4S. The molecule has 1 aliphatic rings. The van der Waals surface area contributed by atoms with Gasteiger partial charge in [-0.15, -0.1) is 0 Å². The molecule has 0 radical (unpaired) electrons. The second kappa shape index (κ2) is 5.25. The lowest BCUT2D eigenvalue weighted by Gasteiger charge is -2.11. The van der Waals surface area contributed by atoms with E-state index in [1.807, 2.05) is 4.98 Å². The van der Waals surface area contributed by atoms with Crippen LogP contribution in [0.15, 0.2) is 15.8 Å². The molecule has 1 aromatic heterocycles. The first kappa shape index (κ1) is 13.9. The van der Waals surface area contributed by atoms with Gasteiger partial charge in [0.2, 0.25) is 5.82 Å². The maximum Gasteiger partial charge on any atom is 0.328 e. The maximum atomic E-state index is 13.0. The number of halogens is 1. The van der Waals surface area contributed by atoms with Gasteiger partial charge >= 0.3 is 5.69 Å². The van der Waals surface area contributed by atoms with E-state index < -0.39 is 26.9 Å². The Bertz CT molecular complexity index is 679. The van der Waals surface area contributed by atoms with E-state index in [1.165, 1.54) is 0 Å². The highest BCUT2D eigenvalue weighted by molar-refractivity contribution is 7.91. The van der Waals surface area contributed by atoms with E-state index in [1.54, 1.807) is 0 Å². The van der Waals surface area contributed by atoms with Gasteiger partial charge in [0, 0.05) is 19.1 Å². The van der Waals surface area contributed by atoms with E-state index in [-0.39, 0.29) is 24.1 Å². The third-order valence-corrected chi connectivity index (χ3v) is 4.75. The van der Waals surface area contributed by atoms with Gasteiger partial charge in [-0.2, -0.15) is 4.39 Å². The standard InChI is InChI=1S/C10H14FN3O4S/c11-8-5-14(10(16)13-9(8)15)3-2-12-7-1-4-19(17,18)6-7/h5,7,12H,1-4,6H2,(H,13,15,16). The summed E-state index contributed by atoms with van der Waals surface area (Å²) in [6.07, 6.45) is 1.38. The second-order valence-corrected chi connectivity index (χ2v) is 6.71. The van der Waals surface area contributed by atoms with Gasteiger partial charge in [0.1, 0.15) is 0 Å². The van der Waals surface area contributed by atoms with Crippen molar-refractivity contribution < 1.29 is 12.8 Å². The van der Waals surface area contributed by atoms with Crippen LogP contribution in [0.2, 0.25) is 0 Å². The molecule has 0 spiro atoms. The van der Waals surface area contributed by atoms with Crippen molar-refractivity contribution in [1.29, 1.82) is 0 Å². The molecular weight excluding hydrogens is 277 g/mol. The normalized spacial score (nSPS) is 21.6. The summed E-state index contributed by atoms with van der Waals surface area (Å²) in [7, 11) is -2.95. The van der Waals surface area contributed by atoms with Crippen LogP contribution in [0.1, 0.15) is 6.42 Å². The monoisotopic (exact) mass is 291 g/mol. The summed E-state index contributed by atoms with van der Waals surface area (Å²) in [6.45, 7) is 0.481. The molecule has 0 saturated carbocycles. The van der Waals surface area contributed by atoms with E-state index in [0.29, 0.717) is 13.0 Å². The summed E-state index contributed by atoms with van der Waals surface area (Å²) in [5, 5.41) is 2.99. The Kier molecular flexibility index (Phi) is 3.85. The summed E-state index contributed by atoms with van der Waals surface area (Å²) in [6, 6.07) is -0.131. The molecule has 1 unspecified atom stereocenters. The Balaban J connectivity index is 1.92. The minimum atomic E-state index is -2.95. The molecule has 0 aromatic carbocycles. The number of rotatable bonds is 4. The molecule has 19 heavy (non-hydrogen) atoms. The molecule has 2 rings (SSSR count). The van der Waals surface area contributed by atoms with Crippen LogP contribution in [0.25, 0.3) is 0 Å². The number of H-pyrrole nitrogens is 1. The molecule has 0 bridgehead atoms. The van der Waals surface area contributed by atoms with Gasteiger partial charge in [-0.3, -0.25) is 14.3 Å². The predicted octanol–water partition coefficient (Wildman–Crippen LogP) is -1.55. The van der Waals surface area contributed by atoms with Crippen molar-refractivity contribution in [2.75, 3.05) is 18.1 Å². The van der Waals surface area contributed by atoms with Gasteiger partial charge in [0.05, 0.1) is 17.7 Å². The van der Waals surface area contributed by atoms with Crippen molar-refractivity contribution >= 4 is 9.84 Å². The van der Waals surface area contributed by atoms with Crippen molar-refractivity contribution in [3.63, 3.8) is 0 Å². The van der Waals surface area contributed by atoms with Crippen LogP contribution in [0.5, 0.6) is 0 Å². The van der Waals surface area contributed by atoms with E-state index in [0.717, 1.165) is 10.8 Å². The molecule has 1 fully saturated rings. The van der Waals surface area contributed by atoms with Crippen LogP contribution < -0.4 is 16.6 Å². The lowest BCUT2D eigenvalue weighted by Crippen LogP contribution is -2.37. The van der Waals surface area contributed by atoms with Crippen LogP contribution >= 0.6 is 0 Å². The van der Waals surface area contributed by atoms with Crippen LogP contribution in [0.4, 0.5) is 4.39 Å². The molecule has 0 amide bonds. The minimum Gasteiger partial charge on any atom is -0.311 e. The Morgan fingerprint density at radius 2 is 2.21 bits per heavy atom. The molecule has 1 saturated heterocycles. The molecule has 0 aliphatic carbocycles. The number of hydrogen-bond donors (Lipinski definition) is 2. The summed E-state index contributed by atoms with van der Waals surface area (Å²) in [4.78, 5) is 24.0. The predicted molar refractivity (Wildman–Crippen MR) is 66.3 cm³/mol. The summed E-state index contributed by atoms with van der Waals surface area (Å²) in [5.41, 5.74) is -1.73. The fraction of sp³-hybridized carbons (Fsp3) is 0.600. The van der Waals surface area contributed by atoms with Gasteiger partial charge in [0.25, 0.3) is 5.56 Å². The van der Waals surface area contributed by atoms with Crippen molar-refractivity contribution in [3.05, 3.63) is 32.9 Å². The first-order valence-corrected chi connectivity index (χ1v) is 7.62. The largest absolute Gasteiger partial charge is 0.328 e. The number of hydrogen-bond acceptors (Lipinski definition) is 5. The highest BCUT2D eigenvalue weighted by Gasteiger charge is 2.27. The van der Waals surface area contributed by atoms with E-state index in [2.05, 4.69) is 5.32 Å². The smallest absolute Gasteiger partial charge is 0.311 e. The number of nitrogens with zero attached hydrogens (tertiary/aromatic N) is 1. The van der Waals surface area contributed by atoms with Crippen LogP contribution in [-0.2, 0) is 16.4 Å². The topological polar surface area (TPSA) is 101 Å². The fourth-order valence-corrected chi connectivity index (χ4v) is 3.70. The van der Waals surface area contributed by atoms with Crippen LogP contribution in [-0.4, -0.2) is 42.1 Å². The molecule has 7 nitrogen and oxygen atoms in total. The number of sulfone groups is 1. The Hall–Kier alpha value is -1.48. The average Bonchev–Trinajstić information content (AvgIpc) is 2.65. The molecule has 1 aromatic rings. The van der Waals surface area contributed by atoms with E-state index >= 15 is 0 Å². The third-order valence-electron chi connectivity index (χ3n) is 2.99. The van der Waals surface area contributed by atoms with Crippen molar-refractivity contribution in [2.24, 2.45) is 0 Å². The maximum absolute atomic E-state index is 13.0. The lowest BCUT2D eigenvalue weighted by atomic mass is 10.2. The minimum absolute atomic E-state index is 0.0852. The first-order valence-electron chi connectivity index (χ1n) is 5.80. The van der Waals surface area contributed by atoms with Gasteiger partial charge in [0.15, 0.2) is 9.84 Å². The average molecular weight is 291 g/mol. The van der Waals surface area contributed by atoms with Gasteiger partial charge in [-0.1, -0.05) is 0 Å². The summed E-state index contributed by atoms with van der Waals surface area (Å²) < 4.78 is 36.5. The zero-order valence-corrected chi connectivity index (χ0v) is 10.9. The number of aromatic amines is 1. The van der Waals surface area contributed by atoms with Crippen molar-refractivity contribution in [3.8, 4) is 0 Å². The summed E-state index contributed by atoms with van der Waals surface area (Å²) in [5.74, 6) is -0.775. The Morgan fingerprint density at radius 3 is 2.84 bits per heavy atom. The highest BCUT2D eigenvalue weighted by Crippen LogP contribution is 2.10. The van der Waals surface area contributed by atoms with Gasteiger partial charge in [-0.05, 0) is 6.42 Å². The van der Waals surface area contributed by atoms with Crippen LogP contribution in [0, 0.1) is 5.82 Å². The molecule has 2 heterocycles. The number of nitrogens with one attached hydrogen (secondary N) is 2. The fourth-order valence-electron chi connectivity index (χ4n) is 1.99.